The van der Waals surface area contributed by atoms with Gasteiger partial charge in [-0.05, 0) is 43.7 Å². The molecule has 0 unspecified atom stereocenters. The van der Waals surface area contributed by atoms with Crippen LogP contribution in [0.5, 0.6) is 0 Å². The first-order valence-corrected chi connectivity index (χ1v) is 8.80. The van der Waals surface area contributed by atoms with Gasteiger partial charge in [0.1, 0.15) is 0 Å². The zero-order valence-corrected chi connectivity index (χ0v) is 15.0. The first-order valence-electron chi connectivity index (χ1n) is 7.81. The standard InChI is InChI=1S/C19H22N2O2S/c1-13-4-8-17(9-5-13)24-11-10-20-19(23)16-7-6-14(2)18(12-16)21-15(3)22/h4-9,12H,10-11H2,1-3H3,(H,20,23)(H,21,22). The molecule has 2 aromatic carbocycles. The molecule has 0 radical (unpaired) electrons. The van der Waals surface area contributed by atoms with Gasteiger partial charge in [-0.2, -0.15) is 0 Å². The Morgan fingerprint density at radius 1 is 1.04 bits per heavy atom. The van der Waals surface area contributed by atoms with E-state index < -0.39 is 0 Å². The summed E-state index contributed by atoms with van der Waals surface area (Å²) in [4.78, 5) is 24.6. The van der Waals surface area contributed by atoms with Gasteiger partial charge in [-0.3, -0.25) is 9.59 Å². The summed E-state index contributed by atoms with van der Waals surface area (Å²) in [5, 5.41) is 5.65. The Morgan fingerprint density at radius 2 is 1.75 bits per heavy atom. The van der Waals surface area contributed by atoms with Crippen LogP contribution in [0, 0.1) is 13.8 Å². The molecule has 2 aromatic rings. The lowest BCUT2D eigenvalue weighted by Crippen LogP contribution is -2.25. The number of rotatable bonds is 6. The zero-order valence-electron chi connectivity index (χ0n) is 14.2. The molecule has 0 aliphatic heterocycles. The summed E-state index contributed by atoms with van der Waals surface area (Å²) in [6, 6.07) is 13.6. The third-order valence-electron chi connectivity index (χ3n) is 3.49. The number of anilines is 1. The maximum atomic E-state index is 12.2. The molecule has 126 valence electrons. The van der Waals surface area contributed by atoms with Gasteiger partial charge in [0.2, 0.25) is 5.91 Å². The summed E-state index contributed by atoms with van der Waals surface area (Å²) in [7, 11) is 0. The molecule has 0 aromatic heterocycles. The number of hydrogen-bond acceptors (Lipinski definition) is 3. The molecule has 2 amide bonds. The first kappa shape index (κ1) is 18.1. The maximum absolute atomic E-state index is 12.2. The number of carbonyl (C=O) groups excluding carboxylic acids is 2. The van der Waals surface area contributed by atoms with Crippen molar-refractivity contribution in [3.8, 4) is 0 Å². The average molecular weight is 342 g/mol. The lowest BCUT2D eigenvalue weighted by molar-refractivity contribution is -0.114. The smallest absolute Gasteiger partial charge is 0.251 e. The Hall–Kier alpha value is -2.27. The van der Waals surface area contributed by atoms with E-state index >= 15 is 0 Å². The van der Waals surface area contributed by atoms with Crippen molar-refractivity contribution in [2.24, 2.45) is 0 Å². The topological polar surface area (TPSA) is 58.2 Å². The van der Waals surface area contributed by atoms with Crippen LogP contribution in [0.15, 0.2) is 47.4 Å². The molecule has 0 saturated heterocycles. The minimum Gasteiger partial charge on any atom is -0.351 e. The highest BCUT2D eigenvalue weighted by Gasteiger charge is 2.08. The second-order valence-corrected chi connectivity index (χ2v) is 6.80. The van der Waals surface area contributed by atoms with Crippen molar-refractivity contribution in [3.63, 3.8) is 0 Å². The number of thioether (sulfide) groups is 1. The van der Waals surface area contributed by atoms with Gasteiger partial charge < -0.3 is 10.6 Å². The number of hydrogen-bond donors (Lipinski definition) is 2. The highest BCUT2D eigenvalue weighted by atomic mass is 32.2. The molecule has 0 fully saturated rings. The predicted molar refractivity (Wildman–Crippen MR) is 99.7 cm³/mol. The number of amides is 2. The van der Waals surface area contributed by atoms with E-state index in [1.165, 1.54) is 17.4 Å². The van der Waals surface area contributed by atoms with Gasteiger partial charge in [0.25, 0.3) is 5.91 Å². The van der Waals surface area contributed by atoms with Gasteiger partial charge >= 0.3 is 0 Å². The highest BCUT2D eigenvalue weighted by molar-refractivity contribution is 7.99. The number of aryl methyl sites for hydroxylation is 2. The summed E-state index contributed by atoms with van der Waals surface area (Å²) in [5.74, 6) is 0.524. The fraction of sp³-hybridized carbons (Fsp3) is 0.263. The molecule has 0 saturated carbocycles. The van der Waals surface area contributed by atoms with Crippen LogP contribution >= 0.6 is 11.8 Å². The van der Waals surface area contributed by atoms with Crippen LogP contribution < -0.4 is 10.6 Å². The Bertz CT molecular complexity index is 727. The summed E-state index contributed by atoms with van der Waals surface area (Å²) in [5.41, 5.74) is 3.38. The Labute approximate surface area is 147 Å². The van der Waals surface area contributed by atoms with E-state index in [1.807, 2.05) is 13.0 Å². The summed E-state index contributed by atoms with van der Waals surface area (Å²) in [6.07, 6.45) is 0. The molecule has 2 rings (SSSR count). The Morgan fingerprint density at radius 3 is 2.42 bits per heavy atom. The molecule has 5 heteroatoms. The highest BCUT2D eigenvalue weighted by Crippen LogP contribution is 2.18. The van der Waals surface area contributed by atoms with Crippen LogP contribution in [-0.4, -0.2) is 24.1 Å². The van der Waals surface area contributed by atoms with Crippen molar-refractivity contribution in [2.75, 3.05) is 17.6 Å². The summed E-state index contributed by atoms with van der Waals surface area (Å²) >= 11 is 1.71. The zero-order chi connectivity index (χ0) is 17.5. The Balaban J connectivity index is 1.86. The van der Waals surface area contributed by atoms with E-state index in [4.69, 9.17) is 0 Å². The van der Waals surface area contributed by atoms with Crippen LogP contribution in [0.25, 0.3) is 0 Å². The van der Waals surface area contributed by atoms with Gasteiger partial charge in [0.05, 0.1) is 0 Å². The molecule has 2 N–H and O–H groups in total. The third-order valence-corrected chi connectivity index (χ3v) is 4.50. The van der Waals surface area contributed by atoms with Crippen molar-refractivity contribution < 1.29 is 9.59 Å². The second-order valence-electron chi connectivity index (χ2n) is 5.63. The van der Waals surface area contributed by atoms with E-state index in [1.54, 1.807) is 23.9 Å². The minimum atomic E-state index is -0.148. The fourth-order valence-corrected chi connectivity index (χ4v) is 2.93. The maximum Gasteiger partial charge on any atom is 0.251 e. The molecular formula is C19H22N2O2S. The van der Waals surface area contributed by atoms with Crippen molar-refractivity contribution in [1.82, 2.24) is 5.32 Å². The molecule has 0 heterocycles. The largest absolute Gasteiger partial charge is 0.351 e. The second kappa shape index (κ2) is 8.55. The SMILES string of the molecule is CC(=O)Nc1cc(C(=O)NCCSc2ccc(C)cc2)ccc1C. The van der Waals surface area contributed by atoms with Gasteiger partial charge in [-0.25, -0.2) is 0 Å². The quantitative estimate of drug-likeness (QED) is 0.620. The van der Waals surface area contributed by atoms with Crippen molar-refractivity contribution in [3.05, 3.63) is 59.2 Å². The van der Waals surface area contributed by atoms with E-state index in [2.05, 4.69) is 41.8 Å². The van der Waals surface area contributed by atoms with E-state index in [9.17, 15) is 9.59 Å². The van der Waals surface area contributed by atoms with Crippen molar-refractivity contribution >= 4 is 29.3 Å². The number of benzene rings is 2. The average Bonchev–Trinajstić information content (AvgIpc) is 2.54. The lowest BCUT2D eigenvalue weighted by Gasteiger charge is -2.10. The van der Waals surface area contributed by atoms with Gasteiger partial charge in [-0.1, -0.05) is 23.8 Å². The third kappa shape index (κ3) is 5.42. The Kier molecular flexibility index (Phi) is 6.44. The van der Waals surface area contributed by atoms with Crippen LogP contribution in [-0.2, 0) is 4.79 Å². The molecule has 4 nitrogen and oxygen atoms in total. The van der Waals surface area contributed by atoms with Crippen LogP contribution in [0.3, 0.4) is 0 Å². The summed E-state index contributed by atoms with van der Waals surface area (Å²) in [6.45, 7) is 5.99. The molecule has 24 heavy (non-hydrogen) atoms. The number of nitrogens with one attached hydrogen (secondary N) is 2. The number of carbonyl (C=O) groups is 2. The molecule has 0 aliphatic rings. The van der Waals surface area contributed by atoms with E-state index in [0.29, 0.717) is 17.8 Å². The molecular weight excluding hydrogens is 320 g/mol. The molecule has 0 bridgehead atoms. The van der Waals surface area contributed by atoms with Crippen LogP contribution in [0.2, 0.25) is 0 Å². The van der Waals surface area contributed by atoms with Gasteiger partial charge in [-0.15, -0.1) is 11.8 Å². The predicted octanol–water partition coefficient (Wildman–Crippen LogP) is 3.78. The lowest BCUT2D eigenvalue weighted by atomic mass is 10.1. The van der Waals surface area contributed by atoms with Crippen molar-refractivity contribution in [1.29, 1.82) is 0 Å². The van der Waals surface area contributed by atoms with Gasteiger partial charge in [0, 0.05) is 35.4 Å². The molecule has 0 atom stereocenters. The normalized spacial score (nSPS) is 10.3. The summed E-state index contributed by atoms with van der Waals surface area (Å²) < 4.78 is 0. The van der Waals surface area contributed by atoms with Crippen LogP contribution in [0.1, 0.15) is 28.4 Å². The van der Waals surface area contributed by atoms with E-state index in [-0.39, 0.29) is 11.8 Å². The van der Waals surface area contributed by atoms with Crippen molar-refractivity contribution in [2.45, 2.75) is 25.7 Å². The molecule has 0 aliphatic carbocycles. The van der Waals surface area contributed by atoms with E-state index in [0.717, 1.165) is 11.3 Å². The first-order chi connectivity index (χ1) is 11.5. The van der Waals surface area contributed by atoms with Crippen LogP contribution in [0.4, 0.5) is 5.69 Å². The fourth-order valence-electron chi connectivity index (χ4n) is 2.16. The molecule has 0 spiro atoms. The monoisotopic (exact) mass is 342 g/mol. The minimum absolute atomic E-state index is 0.133. The van der Waals surface area contributed by atoms with Gasteiger partial charge in [0.15, 0.2) is 0 Å².